The molecule has 4 rings (SSSR count). The number of ether oxygens (including phenoxy) is 3. The van der Waals surface area contributed by atoms with Crippen molar-refractivity contribution in [1.82, 2.24) is 30.5 Å². The number of aryl methyl sites for hydroxylation is 1. The maximum Gasteiger partial charge on any atom is 0.321 e. The smallest absolute Gasteiger partial charge is 0.321 e. The number of benzene rings is 1. The Kier molecular flexibility index (Phi) is 9.57. The van der Waals surface area contributed by atoms with Crippen molar-refractivity contribution in [3.63, 3.8) is 0 Å². The first-order chi connectivity index (χ1) is 19.1. The summed E-state index contributed by atoms with van der Waals surface area (Å²) in [5.41, 5.74) is 3.55. The number of pyridine rings is 1. The zero-order chi connectivity index (χ0) is 29.4. The minimum atomic E-state index is -0.672. The molecule has 3 aromatic heterocycles. The van der Waals surface area contributed by atoms with Crippen molar-refractivity contribution in [3.8, 4) is 28.9 Å². The number of urea groups is 1. The van der Waals surface area contributed by atoms with E-state index in [0.29, 0.717) is 39.6 Å². The third kappa shape index (κ3) is 6.81. The topological polar surface area (TPSA) is 158 Å². The summed E-state index contributed by atoms with van der Waals surface area (Å²) in [5.74, 6) is 0.299. The number of methoxy groups -OCH3 is 3. The molecule has 13 nitrogen and oxygen atoms in total. The van der Waals surface area contributed by atoms with Crippen molar-refractivity contribution >= 4 is 28.9 Å². The Morgan fingerprint density at radius 1 is 0.950 bits per heavy atom. The number of hydrogen-bond donors (Lipinski definition) is 2. The molecule has 0 saturated carbocycles. The van der Waals surface area contributed by atoms with E-state index in [-0.39, 0.29) is 17.7 Å². The zero-order valence-corrected chi connectivity index (χ0v) is 23.2. The molecule has 2 N–H and O–H groups in total. The van der Waals surface area contributed by atoms with Crippen molar-refractivity contribution in [2.45, 2.75) is 6.92 Å². The average molecular weight is 551 g/mol. The maximum absolute atomic E-state index is 12.0. The Bertz CT molecular complexity index is 1530. The number of imide groups is 1. The molecule has 0 aliphatic rings. The van der Waals surface area contributed by atoms with Crippen LogP contribution in [0.15, 0.2) is 47.0 Å². The van der Waals surface area contributed by atoms with Gasteiger partial charge >= 0.3 is 12.0 Å². The molecule has 0 bridgehead atoms. The fourth-order valence-corrected chi connectivity index (χ4v) is 3.39. The van der Waals surface area contributed by atoms with Gasteiger partial charge in [0.25, 0.3) is 11.8 Å². The third-order valence-corrected chi connectivity index (χ3v) is 5.52. The van der Waals surface area contributed by atoms with E-state index in [0.717, 1.165) is 5.56 Å². The third-order valence-electron chi connectivity index (χ3n) is 5.52. The van der Waals surface area contributed by atoms with Gasteiger partial charge in [-0.2, -0.15) is 4.98 Å². The van der Waals surface area contributed by atoms with Gasteiger partial charge in [0.2, 0.25) is 5.88 Å². The summed E-state index contributed by atoms with van der Waals surface area (Å²) in [6.45, 7) is 1.91. The molecule has 0 aliphatic heterocycles. The number of aromatic nitrogens is 3. The van der Waals surface area contributed by atoms with E-state index >= 15 is 0 Å². The molecule has 4 aromatic rings. The van der Waals surface area contributed by atoms with E-state index in [1.54, 1.807) is 44.3 Å². The standard InChI is InChI=1S/C16H15N5O5.C11H15NO2/c1-17-15(23)20-13(22)12-6-10-11(26-12)5-4-9(19-10)8-7-18-16(25-3)21-14(8)24-2;1-8-5-6-9(14-4)7-10(8)11(13)12(2)3/h4-7H,1-3H3,(H2,17,20,22,23);5-7H,1-4H3. The fourth-order valence-electron chi connectivity index (χ4n) is 3.39. The first-order valence-electron chi connectivity index (χ1n) is 11.9. The summed E-state index contributed by atoms with van der Waals surface area (Å²) >= 11 is 0. The highest BCUT2D eigenvalue weighted by atomic mass is 16.5. The van der Waals surface area contributed by atoms with Gasteiger partial charge < -0.3 is 28.8 Å². The summed E-state index contributed by atoms with van der Waals surface area (Å²) < 4.78 is 20.7. The van der Waals surface area contributed by atoms with Crippen LogP contribution in [0.4, 0.5) is 4.79 Å². The number of hydrogen-bond acceptors (Lipinski definition) is 10. The van der Waals surface area contributed by atoms with Gasteiger partial charge in [-0.25, -0.2) is 14.8 Å². The second kappa shape index (κ2) is 13.0. The first-order valence-corrected chi connectivity index (χ1v) is 11.9. The lowest BCUT2D eigenvalue weighted by Gasteiger charge is -2.13. The number of nitrogens with zero attached hydrogens (tertiary/aromatic N) is 4. The summed E-state index contributed by atoms with van der Waals surface area (Å²) in [5, 5.41) is 4.41. The Morgan fingerprint density at radius 3 is 2.33 bits per heavy atom. The van der Waals surface area contributed by atoms with Crippen molar-refractivity contribution in [3.05, 3.63) is 59.5 Å². The van der Waals surface area contributed by atoms with Gasteiger partial charge in [0, 0.05) is 39.0 Å². The van der Waals surface area contributed by atoms with Crippen LogP contribution in [-0.4, -0.2) is 80.2 Å². The van der Waals surface area contributed by atoms with E-state index in [9.17, 15) is 14.4 Å². The number of rotatable bonds is 6. The quantitative estimate of drug-likeness (QED) is 0.365. The van der Waals surface area contributed by atoms with E-state index in [1.165, 1.54) is 33.5 Å². The maximum atomic E-state index is 12.0. The first kappa shape index (κ1) is 29.4. The van der Waals surface area contributed by atoms with Gasteiger partial charge in [-0.05, 0) is 36.8 Å². The molecule has 0 fully saturated rings. The Morgan fingerprint density at radius 2 is 1.70 bits per heavy atom. The molecule has 0 saturated heterocycles. The number of nitrogens with one attached hydrogen (secondary N) is 2. The van der Waals surface area contributed by atoms with Gasteiger partial charge in [-0.15, -0.1) is 0 Å². The number of carbonyl (C=O) groups excluding carboxylic acids is 3. The Hall–Kier alpha value is -5.20. The molecular weight excluding hydrogens is 520 g/mol. The molecule has 210 valence electrons. The SMILES string of the molecule is CNC(=O)NC(=O)c1cc2nc(-c3cnc(OC)nc3OC)ccc2o1.COc1ccc(C)c(C(=O)N(C)C)c1. The fraction of sp³-hybridized carbons (Fsp3) is 0.259. The molecule has 0 unspecified atom stereocenters. The molecule has 0 aliphatic carbocycles. The second-order valence-electron chi connectivity index (χ2n) is 8.38. The normalized spacial score (nSPS) is 10.2. The monoisotopic (exact) mass is 550 g/mol. The van der Waals surface area contributed by atoms with Crippen LogP contribution in [0.1, 0.15) is 26.5 Å². The molecule has 3 heterocycles. The summed E-state index contributed by atoms with van der Waals surface area (Å²) in [6.07, 6.45) is 1.53. The number of fused-ring (bicyclic) bond motifs is 1. The lowest BCUT2D eigenvalue weighted by molar-refractivity contribution is 0.0826. The molecular formula is C27H30N6O7. The van der Waals surface area contributed by atoms with Crippen molar-refractivity contribution < 1.29 is 33.0 Å². The summed E-state index contributed by atoms with van der Waals surface area (Å²) in [6, 6.07) is 9.80. The van der Waals surface area contributed by atoms with Gasteiger partial charge in [-0.3, -0.25) is 14.9 Å². The molecule has 0 radical (unpaired) electrons. The van der Waals surface area contributed by atoms with E-state index in [1.807, 2.05) is 19.1 Å². The van der Waals surface area contributed by atoms with E-state index in [4.69, 9.17) is 18.6 Å². The highest BCUT2D eigenvalue weighted by molar-refractivity contribution is 6.04. The van der Waals surface area contributed by atoms with Crippen molar-refractivity contribution in [1.29, 1.82) is 0 Å². The second-order valence-corrected chi connectivity index (χ2v) is 8.38. The molecule has 0 spiro atoms. The van der Waals surface area contributed by atoms with Crippen molar-refractivity contribution in [2.24, 2.45) is 0 Å². The van der Waals surface area contributed by atoms with Crippen molar-refractivity contribution in [2.75, 3.05) is 42.5 Å². The van der Waals surface area contributed by atoms with Crippen LogP contribution in [0.2, 0.25) is 0 Å². The lowest BCUT2D eigenvalue weighted by Crippen LogP contribution is -2.37. The predicted molar refractivity (Wildman–Crippen MR) is 146 cm³/mol. The van der Waals surface area contributed by atoms with Crippen LogP contribution in [0.5, 0.6) is 17.6 Å². The average Bonchev–Trinajstić information content (AvgIpc) is 3.40. The molecule has 1 aromatic carbocycles. The van der Waals surface area contributed by atoms with Crippen LogP contribution in [-0.2, 0) is 0 Å². The predicted octanol–water partition coefficient (Wildman–Crippen LogP) is 3.08. The minimum Gasteiger partial charge on any atom is -0.497 e. The lowest BCUT2D eigenvalue weighted by atomic mass is 10.1. The molecule has 40 heavy (non-hydrogen) atoms. The van der Waals surface area contributed by atoms with Gasteiger partial charge in [-0.1, -0.05) is 6.07 Å². The molecule has 4 amide bonds. The van der Waals surface area contributed by atoms with E-state index < -0.39 is 11.9 Å². The van der Waals surface area contributed by atoms with Crippen LogP contribution < -0.4 is 24.8 Å². The molecule has 0 atom stereocenters. The molecule has 13 heteroatoms. The van der Waals surface area contributed by atoms with Crippen LogP contribution >= 0.6 is 0 Å². The van der Waals surface area contributed by atoms with Gasteiger partial charge in [0.15, 0.2) is 11.3 Å². The Labute approximate surface area is 230 Å². The van der Waals surface area contributed by atoms with Crippen LogP contribution in [0.3, 0.4) is 0 Å². The Balaban J connectivity index is 0.000000267. The zero-order valence-electron chi connectivity index (χ0n) is 23.2. The summed E-state index contributed by atoms with van der Waals surface area (Å²) in [4.78, 5) is 49.1. The van der Waals surface area contributed by atoms with E-state index in [2.05, 4.69) is 25.6 Å². The number of carbonyl (C=O) groups is 3. The highest BCUT2D eigenvalue weighted by Crippen LogP contribution is 2.29. The highest BCUT2D eigenvalue weighted by Gasteiger charge is 2.18. The largest absolute Gasteiger partial charge is 0.497 e. The van der Waals surface area contributed by atoms with Gasteiger partial charge in [0.1, 0.15) is 11.3 Å². The number of amides is 4. The van der Waals surface area contributed by atoms with Gasteiger partial charge in [0.05, 0.1) is 32.6 Å². The van der Waals surface area contributed by atoms with Crippen LogP contribution in [0.25, 0.3) is 22.4 Å². The summed E-state index contributed by atoms with van der Waals surface area (Å²) in [7, 11) is 9.40. The van der Waals surface area contributed by atoms with Crippen LogP contribution in [0, 0.1) is 6.92 Å². The number of furan rings is 1. The minimum absolute atomic E-state index is 0.00130.